The zero-order chi connectivity index (χ0) is 20.3. The Balaban J connectivity index is 1.70. The number of aromatic nitrogens is 3. The molecule has 0 spiro atoms. The average Bonchev–Trinajstić information content (AvgIpc) is 3.40. The van der Waals surface area contributed by atoms with Crippen LogP contribution in [-0.2, 0) is 16.0 Å². The van der Waals surface area contributed by atoms with Crippen LogP contribution in [0.25, 0.3) is 0 Å². The lowest BCUT2D eigenvalue weighted by Gasteiger charge is -2.12. The molecule has 2 aromatic rings. The highest BCUT2D eigenvalue weighted by molar-refractivity contribution is 8.00. The molecule has 0 saturated heterocycles. The second kappa shape index (κ2) is 8.55. The molecule has 1 atom stereocenters. The minimum Gasteiger partial charge on any atom is -0.370 e. The number of amides is 2. The van der Waals surface area contributed by atoms with E-state index in [1.807, 2.05) is 11.5 Å². The molecule has 2 amide bonds. The third kappa shape index (κ3) is 4.98. The fourth-order valence-electron chi connectivity index (χ4n) is 2.86. The van der Waals surface area contributed by atoms with Crippen molar-refractivity contribution in [2.75, 3.05) is 5.32 Å². The smallest absolute Gasteiger partial charge is 0.221 e. The molecule has 148 valence electrons. The number of hydrogen-bond acceptors (Lipinski definition) is 6. The van der Waals surface area contributed by atoms with Gasteiger partial charge in [0.25, 0.3) is 0 Å². The number of nitrogens with zero attached hydrogens (tertiary/aromatic N) is 3. The van der Waals surface area contributed by atoms with Gasteiger partial charge in [0.15, 0.2) is 10.9 Å². The van der Waals surface area contributed by atoms with E-state index < -0.39 is 0 Å². The number of hydrogen-bond donors (Lipinski definition) is 2. The molecule has 28 heavy (non-hydrogen) atoms. The molecule has 1 unspecified atom stereocenters. The number of primary amides is 1. The van der Waals surface area contributed by atoms with Crippen LogP contribution in [-0.4, -0.2) is 37.6 Å². The summed E-state index contributed by atoms with van der Waals surface area (Å²) in [5.74, 6) is 0.187. The molecule has 8 nitrogen and oxygen atoms in total. The van der Waals surface area contributed by atoms with Crippen molar-refractivity contribution < 1.29 is 14.4 Å². The monoisotopic (exact) mass is 401 g/mol. The number of thioether (sulfide) groups is 1. The van der Waals surface area contributed by atoms with Gasteiger partial charge in [0.2, 0.25) is 11.8 Å². The lowest BCUT2D eigenvalue weighted by Crippen LogP contribution is -2.16. The van der Waals surface area contributed by atoms with Gasteiger partial charge in [-0.3, -0.25) is 14.4 Å². The van der Waals surface area contributed by atoms with Crippen molar-refractivity contribution in [2.45, 2.75) is 56.0 Å². The molecule has 0 radical (unpaired) electrons. The summed E-state index contributed by atoms with van der Waals surface area (Å²) in [5.41, 5.74) is 6.46. The summed E-state index contributed by atoms with van der Waals surface area (Å²) in [6, 6.07) is 7.16. The molecule has 1 aromatic carbocycles. The van der Waals surface area contributed by atoms with E-state index in [4.69, 9.17) is 5.73 Å². The van der Waals surface area contributed by atoms with Crippen LogP contribution < -0.4 is 11.1 Å². The molecule has 1 aliphatic rings. The number of carbonyl (C=O) groups excluding carboxylic acids is 3. The number of ketones is 1. The number of aryl methyl sites for hydroxylation is 1. The number of benzene rings is 1. The van der Waals surface area contributed by atoms with Crippen molar-refractivity contribution in [3.8, 4) is 0 Å². The van der Waals surface area contributed by atoms with Crippen molar-refractivity contribution in [2.24, 2.45) is 5.73 Å². The fourth-order valence-corrected chi connectivity index (χ4v) is 3.88. The van der Waals surface area contributed by atoms with Gasteiger partial charge in [-0.2, -0.15) is 0 Å². The maximum Gasteiger partial charge on any atom is 0.221 e. The Morgan fingerprint density at radius 1 is 1.25 bits per heavy atom. The molecule has 3 N–H and O–H groups in total. The first kappa shape index (κ1) is 20.1. The van der Waals surface area contributed by atoms with Gasteiger partial charge in [-0.1, -0.05) is 11.8 Å². The average molecular weight is 401 g/mol. The first-order valence-corrected chi connectivity index (χ1v) is 10.0. The van der Waals surface area contributed by atoms with Crippen molar-refractivity contribution >= 4 is 35.0 Å². The summed E-state index contributed by atoms with van der Waals surface area (Å²) in [7, 11) is 0. The van der Waals surface area contributed by atoms with Gasteiger partial charge in [-0.15, -0.1) is 10.2 Å². The first-order chi connectivity index (χ1) is 13.3. The number of anilines is 1. The van der Waals surface area contributed by atoms with Crippen molar-refractivity contribution in [1.82, 2.24) is 14.8 Å². The molecule has 0 aliphatic heterocycles. The summed E-state index contributed by atoms with van der Waals surface area (Å²) in [6.07, 6.45) is 2.77. The van der Waals surface area contributed by atoms with E-state index in [2.05, 4.69) is 15.5 Å². The Morgan fingerprint density at radius 3 is 2.50 bits per heavy atom. The summed E-state index contributed by atoms with van der Waals surface area (Å²) in [6.45, 7) is 3.27. The number of Topliss-reactive ketones (excluding diaryl/α,β-unsaturated/α-hetero) is 1. The second-order valence-corrected chi connectivity index (χ2v) is 8.16. The van der Waals surface area contributed by atoms with Gasteiger partial charge in [0.05, 0.1) is 5.25 Å². The lowest BCUT2D eigenvalue weighted by atomic mass is 10.1. The number of rotatable bonds is 9. The zero-order valence-electron chi connectivity index (χ0n) is 15.8. The second-order valence-electron chi connectivity index (χ2n) is 6.85. The number of nitrogens with one attached hydrogen (secondary N) is 1. The van der Waals surface area contributed by atoms with E-state index >= 15 is 0 Å². The first-order valence-electron chi connectivity index (χ1n) is 9.15. The Kier molecular flexibility index (Phi) is 6.13. The van der Waals surface area contributed by atoms with E-state index in [1.54, 1.807) is 24.3 Å². The molecule has 1 saturated carbocycles. The van der Waals surface area contributed by atoms with Gasteiger partial charge in [0, 0.05) is 37.1 Å². The summed E-state index contributed by atoms with van der Waals surface area (Å²) in [4.78, 5) is 34.9. The Hall–Kier alpha value is -2.68. The van der Waals surface area contributed by atoms with E-state index in [9.17, 15) is 14.4 Å². The minimum atomic E-state index is -0.370. The van der Waals surface area contributed by atoms with Crippen LogP contribution in [0.5, 0.6) is 0 Å². The zero-order valence-corrected chi connectivity index (χ0v) is 16.7. The van der Waals surface area contributed by atoms with Crippen molar-refractivity contribution in [3.05, 3.63) is 35.7 Å². The van der Waals surface area contributed by atoms with E-state index in [0.29, 0.717) is 28.9 Å². The Bertz CT molecular complexity index is 889. The number of carbonyl (C=O) groups is 3. The maximum absolute atomic E-state index is 12.8. The van der Waals surface area contributed by atoms with E-state index in [0.717, 1.165) is 18.7 Å². The molecule has 3 rings (SSSR count). The van der Waals surface area contributed by atoms with Crippen LogP contribution in [0.2, 0.25) is 0 Å². The topological polar surface area (TPSA) is 120 Å². The minimum absolute atomic E-state index is 0.0246. The molecule has 1 aromatic heterocycles. The highest BCUT2D eigenvalue weighted by Crippen LogP contribution is 2.40. The molecular formula is C19H23N5O3S. The molecule has 0 bridgehead atoms. The quantitative estimate of drug-likeness (QED) is 0.492. The van der Waals surface area contributed by atoms with E-state index in [-0.39, 0.29) is 29.3 Å². The summed E-state index contributed by atoms with van der Waals surface area (Å²) >= 11 is 1.37. The Morgan fingerprint density at radius 2 is 1.93 bits per heavy atom. The highest BCUT2D eigenvalue weighted by Gasteiger charge is 2.31. The molecule has 1 aliphatic carbocycles. The van der Waals surface area contributed by atoms with Crippen LogP contribution in [0.1, 0.15) is 55.3 Å². The highest BCUT2D eigenvalue weighted by atomic mass is 32.2. The van der Waals surface area contributed by atoms with Gasteiger partial charge >= 0.3 is 0 Å². The largest absolute Gasteiger partial charge is 0.370 e. The summed E-state index contributed by atoms with van der Waals surface area (Å²) < 4.78 is 2.04. The predicted octanol–water partition coefficient (Wildman–Crippen LogP) is 2.35. The SMILES string of the molecule is CC(=O)Nc1ccc(C(=O)C(C)Sc2nnc(CCC(N)=O)n2C2CC2)cc1. The van der Waals surface area contributed by atoms with Crippen molar-refractivity contribution in [3.63, 3.8) is 0 Å². The molecular weight excluding hydrogens is 378 g/mol. The maximum atomic E-state index is 12.8. The van der Waals surface area contributed by atoms with Crippen molar-refractivity contribution in [1.29, 1.82) is 0 Å². The van der Waals surface area contributed by atoms with Gasteiger partial charge in [0.1, 0.15) is 5.82 Å². The van der Waals surface area contributed by atoms with Crippen LogP contribution in [0, 0.1) is 0 Å². The predicted molar refractivity (Wildman–Crippen MR) is 106 cm³/mol. The third-order valence-corrected chi connectivity index (χ3v) is 5.44. The molecule has 1 heterocycles. The van der Waals surface area contributed by atoms with Gasteiger partial charge < -0.3 is 15.6 Å². The van der Waals surface area contributed by atoms with Crippen LogP contribution in [0.4, 0.5) is 5.69 Å². The van der Waals surface area contributed by atoms with Gasteiger partial charge in [-0.05, 0) is 44.0 Å². The van der Waals surface area contributed by atoms with Gasteiger partial charge in [-0.25, -0.2) is 0 Å². The standard InChI is InChI=1S/C19H23N5O3S/c1-11(18(27)13-3-5-14(6-4-13)21-12(2)25)28-19-23-22-17(10-9-16(20)26)24(19)15-7-8-15/h3-6,11,15H,7-10H2,1-2H3,(H2,20,26)(H,21,25). The van der Waals surface area contributed by atoms with E-state index in [1.165, 1.54) is 18.7 Å². The Labute approximate surface area is 167 Å². The van der Waals surface area contributed by atoms with Crippen LogP contribution in [0.3, 0.4) is 0 Å². The fraction of sp³-hybridized carbons (Fsp3) is 0.421. The lowest BCUT2D eigenvalue weighted by molar-refractivity contribution is -0.118. The molecule has 1 fully saturated rings. The molecule has 9 heteroatoms. The van der Waals surface area contributed by atoms with Crippen LogP contribution >= 0.6 is 11.8 Å². The van der Waals surface area contributed by atoms with Crippen LogP contribution in [0.15, 0.2) is 29.4 Å². The normalized spacial score (nSPS) is 14.5. The third-order valence-electron chi connectivity index (χ3n) is 4.38. The summed E-state index contributed by atoms with van der Waals surface area (Å²) in [5, 5.41) is 11.5. The number of nitrogens with two attached hydrogens (primary N) is 1.